The first kappa shape index (κ1) is 20.1. The van der Waals surface area contributed by atoms with E-state index in [1.54, 1.807) is 38.3 Å². The summed E-state index contributed by atoms with van der Waals surface area (Å²) in [4.78, 5) is 26.2. The van der Waals surface area contributed by atoms with E-state index < -0.39 is 5.56 Å². The van der Waals surface area contributed by atoms with Gasteiger partial charge in [-0.2, -0.15) is 9.78 Å². The van der Waals surface area contributed by atoms with Crippen molar-refractivity contribution in [3.63, 3.8) is 0 Å². The van der Waals surface area contributed by atoms with E-state index in [-0.39, 0.29) is 22.7 Å². The Morgan fingerprint density at radius 1 is 1.11 bits per heavy atom. The van der Waals surface area contributed by atoms with Gasteiger partial charge in [0.2, 0.25) is 0 Å². The van der Waals surface area contributed by atoms with E-state index in [1.807, 2.05) is 0 Å². The van der Waals surface area contributed by atoms with Crippen LogP contribution in [0.4, 0.5) is 0 Å². The molecule has 0 aliphatic heterocycles. The molecule has 0 atom stereocenters. The van der Waals surface area contributed by atoms with Crippen LogP contribution in [0.25, 0.3) is 5.69 Å². The highest BCUT2D eigenvalue weighted by atomic mass is 16.5. The zero-order valence-corrected chi connectivity index (χ0v) is 17.2. The summed E-state index contributed by atoms with van der Waals surface area (Å²) in [5, 5.41) is 4.34. The van der Waals surface area contributed by atoms with E-state index in [9.17, 15) is 9.59 Å². The van der Waals surface area contributed by atoms with Gasteiger partial charge in [-0.3, -0.25) is 9.59 Å². The molecular weight excluding hydrogens is 356 g/mol. The van der Waals surface area contributed by atoms with Crippen LogP contribution in [0.2, 0.25) is 0 Å². The maximum absolute atomic E-state index is 13.1. The first-order valence-corrected chi connectivity index (χ1v) is 9.63. The molecule has 1 aliphatic carbocycles. The van der Waals surface area contributed by atoms with Crippen molar-refractivity contribution in [3.8, 4) is 17.2 Å². The lowest BCUT2D eigenvalue weighted by Crippen LogP contribution is -2.33. The number of rotatable bonds is 5. The Balaban J connectivity index is 1.99. The number of hydrogen-bond acceptors (Lipinski definition) is 5. The summed E-state index contributed by atoms with van der Waals surface area (Å²) in [7, 11) is 3.09. The Kier molecular flexibility index (Phi) is 5.59. The van der Waals surface area contributed by atoms with E-state index in [0.29, 0.717) is 22.9 Å². The normalized spacial score (nSPS) is 16.6. The van der Waals surface area contributed by atoms with Gasteiger partial charge in [-0.25, -0.2) is 0 Å². The third kappa shape index (κ3) is 3.96. The van der Waals surface area contributed by atoms with Crippen LogP contribution in [0.3, 0.4) is 0 Å². The van der Waals surface area contributed by atoms with Gasteiger partial charge in [-0.15, -0.1) is 0 Å². The van der Waals surface area contributed by atoms with Crippen LogP contribution in [-0.2, 0) is 0 Å². The summed E-state index contributed by atoms with van der Waals surface area (Å²) in [5.41, 5.74) is 1.24. The van der Waals surface area contributed by atoms with Crippen LogP contribution in [0.5, 0.6) is 11.5 Å². The van der Waals surface area contributed by atoms with E-state index in [4.69, 9.17) is 9.47 Å². The van der Waals surface area contributed by atoms with Gasteiger partial charge in [-0.1, -0.05) is 13.8 Å². The predicted octanol–water partition coefficient (Wildman–Crippen LogP) is 3.96. The molecule has 1 aromatic carbocycles. The Labute approximate surface area is 165 Å². The van der Waals surface area contributed by atoms with Gasteiger partial charge in [0, 0.05) is 12.0 Å². The van der Waals surface area contributed by atoms with Crippen LogP contribution >= 0.6 is 0 Å². The fourth-order valence-electron chi connectivity index (χ4n) is 3.81. The lowest BCUT2D eigenvalue weighted by Gasteiger charge is -2.33. The molecule has 1 aromatic heterocycles. The molecule has 0 amide bonds. The number of benzene rings is 1. The Bertz CT molecular complexity index is 936. The molecule has 1 fully saturated rings. The van der Waals surface area contributed by atoms with Gasteiger partial charge < -0.3 is 9.47 Å². The second-order valence-electron chi connectivity index (χ2n) is 8.26. The highest BCUT2D eigenvalue weighted by molar-refractivity contribution is 5.97. The molecule has 0 spiro atoms. The summed E-state index contributed by atoms with van der Waals surface area (Å²) in [6.07, 6.45) is 3.64. The van der Waals surface area contributed by atoms with Gasteiger partial charge in [0.15, 0.2) is 17.3 Å². The number of carbonyl (C=O) groups is 1. The average Bonchev–Trinajstić information content (AvgIpc) is 2.68. The van der Waals surface area contributed by atoms with Crippen LogP contribution in [0.15, 0.2) is 29.1 Å². The van der Waals surface area contributed by atoms with E-state index >= 15 is 0 Å². The number of aryl methyl sites for hydroxylation is 1. The number of ether oxygens (including phenoxy) is 2. The quantitative estimate of drug-likeness (QED) is 0.730. The SMILES string of the molecule is COc1ccc(-n2nc(C)cc(C(=O)C3CCC(C)(C)CC3)c2=O)cc1OC. The predicted molar refractivity (Wildman–Crippen MR) is 108 cm³/mol. The number of aromatic nitrogens is 2. The Morgan fingerprint density at radius 3 is 2.36 bits per heavy atom. The van der Waals surface area contributed by atoms with Crippen molar-refractivity contribution in [1.82, 2.24) is 9.78 Å². The number of Topliss-reactive ketones (excluding diaryl/α,β-unsaturated/α-hetero) is 1. The van der Waals surface area contributed by atoms with Crippen molar-refractivity contribution >= 4 is 5.78 Å². The van der Waals surface area contributed by atoms with Gasteiger partial charge in [0.1, 0.15) is 0 Å². The molecule has 1 saturated carbocycles. The number of ketones is 1. The molecule has 0 saturated heterocycles. The molecule has 1 heterocycles. The summed E-state index contributed by atoms with van der Waals surface area (Å²) in [6, 6.07) is 6.74. The topological polar surface area (TPSA) is 70.4 Å². The summed E-state index contributed by atoms with van der Waals surface area (Å²) >= 11 is 0. The zero-order chi connectivity index (χ0) is 20.5. The van der Waals surface area contributed by atoms with E-state index in [1.165, 1.54) is 11.8 Å². The minimum atomic E-state index is -0.396. The molecule has 2 aromatic rings. The van der Waals surface area contributed by atoms with Crippen molar-refractivity contribution in [2.45, 2.75) is 46.5 Å². The lowest BCUT2D eigenvalue weighted by atomic mass is 9.71. The Morgan fingerprint density at radius 2 is 1.75 bits per heavy atom. The molecule has 6 nitrogen and oxygen atoms in total. The molecule has 1 aliphatic rings. The first-order chi connectivity index (χ1) is 13.3. The van der Waals surface area contributed by atoms with Crippen molar-refractivity contribution in [2.75, 3.05) is 14.2 Å². The molecule has 6 heteroatoms. The van der Waals surface area contributed by atoms with Gasteiger partial charge >= 0.3 is 0 Å². The maximum atomic E-state index is 13.1. The fourth-order valence-corrected chi connectivity index (χ4v) is 3.81. The monoisotopic (exact) mass is 384 g/mol. The molecular formula is C22H28N2O4. The highest BCUT2D eigenvalue weighted by Gasteiger charge is 2.32. The number of methoxy groups -OCH3 is 2. The zero-order valence-electron chi connectivity index (χ0n) is 17.2. The molecule has 28 heavy (non-hydrogen) atoms. The third-order valence-electron chi connectivity index (χ3n) is 5.62. The van der Waals surface area contributed by atoms with Gasteiger partial charge in [-0.05, 0) is 56.2 Å². The summed E-state index contributed by atoms with van der Waals surface area (Å²) in [5.74, 6) is 0.896. The van der Waals surface area contributed by atoms with Gasteiger partial charge in [0.25, 0.3) is 5.56 Å². The van der Waals surface area contributed by atoms with E-state index in [0.717, 1.165) is 25.7 Å². The molecule has 0 N–H and O–H groups in total. The molecule has 3 rings (SSSR count). The van der Waals surface area contributed by atoms with Crippen molar-refractivity contribution in [1.29, 1.82) is 0 Å². The van der Waals surface area contributed by atoms with Crippen LogP contribution < -0.4 is 15.0 Å². The van der Waals surface area contributed by atoms with Gasteiger partial charge in [0.05, 0.1) is 31.2 Å². The Hall–Kier alpha value is -2.63. The number of hydrogen-bond donors (Lipinski definition) is 0. The molecule has 0 radical (unpaired) electrons. The smallest absolute Gasteiger partial charge is 0.282 e. The van der Waals surface area contributed by atoms with Crippen LogP contribution in [0.1, 0.15) is 55.6 Å². The second kappa shape index (κ2) is 7.78. The van der Waals surface area contributed by atoms with Crippen molar-refractivity contribution in [3.05, 3.63) is 45.9 Å². The van der Waals surface area contributed by atoms with Crippen molar-refractivity contribution < 1.29 is 14.3 Å². The van der Waals surface area contributed by atoms with Crippen molar-refractivity contribution in [2.24, 2.45) is 11.3 Å². The summed E-state index contributed by atoms with van der Waals surface area (Å²) < 4.78 is 11.9. The standard InChI is InChI=1S/C22H28N2O4/c1-14-12-17(20(25)15-8-10-22(2,3)11-9-15)21(26)24(23-14)16-6-7-18(27-4)19(13-16)28-5/h6-7,12-13,15H,8-11H2,1-5H3. The second-order valence-corrected chi connectivity index (χ2v) is 8.26. The lowest BCUT2D eigenvalue weighted by molar-refractivity contribution is 0.0835. The summed E-state index contributed by atoms with van der Waals surface area (Å²) in [6.45, 7) is 6.25. The van der Waals surface area contributed by atoms with Crippen LogP contribution in [-0.4, -0.2) is 29.8 Å². The minimum absolute atomic E-state index is 0.0692. The van der Waals surface area contributed by atoms with Crippen LogP contribution in [0, 0.1) is 18.3 Å². The largest absolute Gasteiger partial charge is 0.493 e. The molecule has 0 bridgehead atoms. The number of carbonyl (C=O) groups excluding carboxylic acids is 1. The number of nitrogens with zero attached hydrogens (tertiary/aromatic N) is 2. The molecule has 150 valence electrons. The maximum Gasteiger partial charge on any atom is 0.282 e. The average molecular weight is 384 g/mol. The first-order valence-electron chi connectivity index (χ1n) is 9.63. The minimum Gasteiger partial charge on any atom is -0.493 e. The fraction of sp³-hybridized carbons (Fsp3) is 0.500. The highest BCUT2D eigenvalue weighted by Crippen LogP contribution is 2.39. The third-order valence-corrected chi connectivity index (χ3v) is 5.62. The van der Waals surface area contributed by atoms with E-state index in [2.05, 4.69) is 18.9 Å². The molecule has 0 unspecified atom stereocenters.